The number of hydrogen-bond acceptors (Lipinski definition) is 13. The van der Waals surface area contributed by atoms with Crippen molar-refractivity contribution in [1.82, 2.24) is 0 Å². The number of aliphatic hydroxyl groups is 2. The van der Waals surface area contributed by atoms with E-state index in [9.17, 15) is 37.6 Å². The van der Waals surface area contributed by atoms with E-state index in [-0.39, 0.29) is 32.4 Å². The summed E-state index contributed by atoms with van der Waals surface area (Å²) in [4.78, 5) is 37.8. The Morgan fingerprint density at radius 3 is 1.35 bits per heavy atom. The minimum absolute atomic E-state index is 0.0800. The topological polar surface area (TPSA) is 218 Å². The van der Waals surface area contributed by atoms with Crippen LogP contribution in [0.2, 0.25) is 0 Å². The standard InChI is InChI=1S/C48H91NO13S/c1-3-5-7-9-11-13-15-17-19-21-23-25-27-29-31-33-42(50)58-37-40(60-43(51)34-32-30-28-26-24-22-20-18-16-14-12-10-8-6-4-2)38-59-48-46(54)45(53)47(62-44(52)35-36-49)41(61-48)39-63(55,56)57/h40-41,45-48,53-54H,3-39,49H2,1-2H3,(H,55,56,57). The van der Waals surface area contributed by atoms with Gasteiger partial charge in [-0.1, -0.05) is 194 Å². The lowest BCUT2D eigenvalue weighted by Gasteiger charge is -2.41. The van der Waals surface area contributed by atoms with E-state index in [0.29, 0.717) is 12.8 Å². The van der Waals surface area contributed by atoms with Crippen molar-refractivity contribution < 1.29 is 61.3 Å². The zero-order chi connectivity index (χ0) is 46.4. The molecule has 6 unspecified atom stereocenters. The highest BCUT2D eigenvalue weighted by Gasteiger charge is 2.48. The molecular formula is C48H91NO13S. The van der Waals surface area contributed by atoms with Gasteiger partial charge in [0.25, 0.3) is 10.1 Å². The van der Waals surface area contributed by atoms with Crippen LogP contribution >= 0.6 is 0 Å². The summed E-state index contributed by atoms with van der Waals surface area (Å²) < 4.78 is 60.7. The SMILES string of the molecule is CCCCCCCCCCCCCCCCCC(=O)OCC(COC1OC(CS(=O)(=O)O)C(OC(=O)CCN)C(O)C1O)OC(=O)CCCCCCCCCCCCCCCCC. The molecule has 1 fully saturated rings. The fraction of sp³-hybridized carbons (Fsp3) is 0.938. The van der Waals surface area contributed by atoms with Crippen LogP contribution in [0.25, 0.3) is 0 Å². The maximum absolute atomic E-state index is 12.9. The average Bonchev–Trinajstić information content (AvgIpc) is 3.24. The van der Waals surface area contributed by atoms with E-state index in [0.717, 1.165) is 38.5 Å². The van der Waals surface area contributed by atoms with E-state index in [1.807, 2.05) is 0 Å². The van der Waals surface area contributed by atoms with Crippen LogP contribution in [0.5, 0.6) is 0 Å². The van der Waals surface area contributed by atoms with Crippen LogP contribution in [0.3, 0.4) is 0 Å². The van der Waals surface area contributed by atoms with Gasteiger partial charge in [0.2, 0.25) is 0 Å². The Labute approximate surface area is 381 Å². The maximum atomic E-state index is 12.9. The van der Waals surface area contributed by atoms with Gasteiger partial charge in [-0.3, -0.25) is 18.9 Å². The summed E-state index contributed by atoms with van der Waals surface area (Å²) in [6.45, 7) is 3.63. The Hall–Kier alpha value is -1.88. The number of unbranched alkanes of at least 4 members (excludes halogenated alkanes) is 28. The van der Waals surface area contributed by atoms with Crippen molar-refractivity contribution in [1.29, 1.82) is 0 Å². The summed E-state index contributed by atoms with van der Waals surface area (Å²) in [5, 5.41) is 21.6. The molecular weight excluding hydrogens is 831 g/mol. The Morgan fingerprint density at radius 1 is 0.556 bits per heavy atom. The molecule has 0 amide bonds. The average molecular weight is 922 g/mol. The Bertz CT molecular complexity index is 1240. The number of esters is 3. The summed E-state index contributed by atoms with van der Waals surface area (Å²) in [5.41, 5.74) is 5.39. The van der Waals surface area contributed by atoms with Gasteiger partial charge in [0.05, 0.1) is 13.0 Å². The molecule has 1 saturated heterocycles. The molecule has 6 atom stereocenters. The fourth-order valence-corrected chi connectivity index (χ4v) is 8.65. The van der Waals surface area contributed by atoms with E-state index < -0.39 is 77.2 Å². The molecule has 0 bridgehead atoms. The van der Waals surface area contributed by atoms with Crippen LogP contribution in [0.4, 0.5) is 0 Å². The summed E-state index contributed by atoms with van der Waals surface area (Å²) in [5.74, 6) is -2.92. The number of carbonyl (C=O) groups excluding carboxylic acids is 3. The third-order valence-corrected chi connectivity index (χ3v) is 12.5. The quantitative estimate of drug-likeness (QED) is 0.0194. The second-order valence-corrected chi connectivity index (χ2v) is 19.3. The van der Waals surface area contributed by atoms with Gasteiger partial charge in [-0.2, -0.15) is 8.42 Å². The first-order valence-electron chi connectivity index (χ1n) is 25.2. The lowest BCUT2D eigenvalue weighted by molar-refractivity contribution is -0.299. The van der Waals surface area contributed by atoms with Crippen molar-refractivity contribution in [2.24, 2.45) is 5.73 Å². The zero-order valence-electron chi connectivity index (χ0n) is 39.5. The monoisotopic (exact) mass is 922 g/mol. The second-order valence-electron chi connectivity index (χ2n) is 17.8. The van der Waals surface area contributed by atoms with Crippen LogP contribution < -0.4 is 5.73 Å². The predicted molar refractivity (Wildman–Crippen MR) is 247 cm³/mol. The largest absolute Gasteiger partial charge is 0.462 e. The van der Waals surface area contributed by atoms with Crippen molar-refractivity contribution in [3.05, 3.63) is 0 Å². The molecule has 63 heavy (non-hydrogen) atoms. The normalized spacial score (nSPS) is 19.5. The number of carbonyl (C=O) groups is 3. The van der Waals surface area contributed by atoms with Crippen molar-refractivity contribution in [2.45, 2.75) is 263 Å². The Morgan fingerprint density at radius 2 is 0.952 bits per heavy atom. The highest BCUT2D eigenvalue weighted by molar-refractivity contribution is 7.85. The zero-order valence-corrected chi connectivity index (χ0v) is 40.4. The van der Waals surface area contributed by atoms with Crippen LogP contribution in [-0.4, -0.2) is 103 Å². The summed E-state index contributed by atoms with van der Waals surface area (Å²) in [6, 6.07) is 0. The van der Waals surface area contributed by atoms with E-state index in [1.54, 1.807) is 0 Å². The van der Waals surface area contributed by atoms with Gasteiger partial charge in [-0.15, -0.1) is 0 Å². The van der Waals surface area contributed by atoms with E-state index >= 15 is 0 Å². The minimum Gasteiger partial charge on any atom is -0.462 e. The van der Waals surface area contributed by atoms with Crippen molar-refractivity contribution >= 4 is 28.0 Å². The lowest BCUT2D eigenvalue weighted by atomic mass is 9.99. The molecule has 0 aromatic rings. The Balaban J connectivity index is 2.58. The van der Waals surface area contributed by atoms with Gasteiger partial charge < -0.3 is 39.6 Å². The highest BCUT2D eigenvalue weighted by atomic mass is 32.2. The molecule has 1 aliphatic heterocycles. The Kier molecular flexibility index (Phi) is 36.9. The fourth-order valence-electron chi connectivity index (χ4n) is 7.96. The van der Waals surface area contributed by atoms with Crippen molar-refractivity contribution in [3.63, 3.8) is 0 Å². The van der Waals surface area contributed by atoms with Gasteiger partial charge in [-0.05, 0) is 12.8 Å². The van der Waals surface area contributed by atoms with Crippen molar-refractivity contribution in [2.75, 3.05) is 25.5 Å². The number of nitrogens with two attached hydrogens (primary N) is 1. The van der Waals surface area contributed by atoms with Crippen LogP contribution in [0.1, 0.15) is 226 Å². The van der Waals surface area contributed by atoms with E-state index in [4.69, 9.17) is 29.4 Å². The van der Waals surface area contributed by atoms with Gasteiger partial charge in [0, 0.05) is 19.4 Å². The summed E-state index contributed by atoms with van der Waals surface area (Å²) in [6.07, 6.45) is 26.4. The number of aliphatic hydroxyl groups excluding tert-OH is 2. The van der Waals surface area contributed by atoms with Gasteiger partial charge in [-0.25, -0.2) is 0 Å². The van der Waals surface area contributed by atoms with Crippen LogP contribution in [-0.2, 0) is 48.2 Å². The third-order valence-electron chi connectivity index (χ3n) is 11.8. The molecule has 0 aromatic carbocycles. The molecule has 1 heterocycles. The van der Waals surface area contributed by atoms with Gasteiger partial charge in [0.1, 0.15) is 30.7 Å². The summed E-state index contributed by atoms with van der Waals surface area (Å²) >= 11 is 0. The summed E-state index contributed by atoms with van der Waals surface area (Å²) in [7, 11) is -4.70. The lowest BCUT2D eigenvalue weighted by Crippen LogP contribution is -2.61. The molecule has 0 aliphatic carbocycles. The first-order chi connectivity index (χ1) is 30.4. The van der Waals surface area contributed by atoms with Gasteiger partial charge in [0.15, 0.2) is 18.5 Å². The molecule has 0 aromatic heterocycles. The van der Waals surface area contributed by atoms with Crippen LogP contribution in [0, 0.1) is 0 Å². The van der Waals surface area contributed by atoms with E-state index in [1.165, 1.54) is 141 Å². The third kappa shape index (κ3) is 33.3. The second kappa shape index (κ2) is 39.3. The first-order valence-corrected chi connectivity index (χ1v) is 26.9. The predicted octanol–water partition coefficient (Wildman–Crippen LogP) is 9.58. The smallest absolute Gasteiger partial charge is 0.307 e. The molecule has 5 N–H and O–H groups in total. The minimum atomic E-state index is -4.70. The van der Waals surface area contributed by atoms with E-state index in [2.05, 4.69) is 13.8 Å². The highest BCUT2D eigenvalue weighted by Crippen LogP contribution is 2.27. The first kappa shape index (κ1) is 59.1. The molecule has 0 spiro atoms. The molecule has 15 heteroatoms. The molecule has 0 radical (unpaired) electrons. The molecule has 372 valence electrons. The van der Waals surface area contributed by atoms with Crippen molar-refractivity contribution in [3.8, 4) is 0 Å². The number of hydrogen-bond donors (Lipinski definition) is 4. The molecule has 14 nitrogen and oxygen atoms in total. The molecule has 1 rings (SSSR count). The number of ether oxygens (including phenoxy) is 5. The maximum Gasteiger partial charge on any atom is 0.307 e. The van der Waals surface area contributed by atoms with Crippen LogP contribution in [0.15, 0.2) is 0 Å². The molecule has 1 aliphatic rings. The van der Waals surface area contributed by atoms with Gasteiger partial charge >= 0.3 is 17.9 Å². The number of rotatable bonds is 43. The molecule has 0 saturated carbocycles.